The summed E-state index contributed by atoms with van der Waals surface area (Å²) in [5, 5.41) is 3.50. The van der Waals surface area contributed by atoms with Crippen LogP contribution in [0, 0.1) is 23.5 Å². The Kier molecular flexibility index (Phi) is 10.1. The van der Waals surface area contributed by atoms with Gasteiger partial charge >= 0.3 is 5.97 Å². The van der Waals surface area contributed by atoms with Gasteiger partial charge in [-0.25, -0.2) is 13.8 Å². The minimum atomic E-state index is -1.03. The van der Waals surface area contributed by atoms with Crippen molar-refractivity contribution in [2.75, 3.05) is 19.0 Å². The van der Waals surface area contributed by atoms with Gasteiger partial charge in [0, 0.05) is 18.2 Å². The van der Waals surface area contributed by atoms with E-state index < -0.39 is 35.7 Å². The van der Waals surface area contributed by atoms with Crippen molar-refractivity contribution < 1.29 is 32.6 Å². The van der Waals surface area contributed by atoms with Crippen LogP contribution in [0.2, 0.25) is 0 Å². The zero-order valence-corrected chi connectivity index (χ0v) is 25.2. The highest BCUT2D eigenvalue weighted by molar-refractivity contribution is 7.20. The average Bonchev–Trinajstić information content (AvgIpc) is 3.46. The molecule has 0 bridgehead atoms. The maximum absolute atomic E-state index is 14.0. The van der Waals surface area contributed by atoms with E-state index in [1.807, 2.05) is 24.3 Å². The fraction of sp³-hybridized carbons (Fsp3) is 0.438. The predicted octanol–water partition coefficient (Wildman–Crippen LogP) is 5.20. The molecule has 2 fully saturated rings. The number of likely N-dealkylation sites (tertiary alicyclic amines) is 1. The quantitative estimate of drug-likeness (QED) is 0.143. The molecule has 0 radical (unpaired) electrons. The highest BCUT2D eigenvalue weighted by Crippen LogP contribution is 2.40. The number of anilines is 1. The number of esters is 1. The first-order chi connectivity index (χ1) is 21.2. The largest absolute Gasteiger partial charge is 0.469 e. The monoisotopic (exact) mass is 626 g/mol. The topological polar surface area (TPSA) is 124 Å². The number of benzene rings is 2. The van der Waals surface area contributed by atoms with Crippen molar-refractivity contribution in [3.63, 3.8) is 0 Å². The lowest BCUT2D eigenvalue weighted by Crippen LogP contribution is -2.49. The van der Waals surface area contributed by atoms with Crippen molar-refractivity contribution in [1.29, 1.82) is 0 Å². The highest BCUT2D eigenvalue weighted by atomic mass is 32.1. The molecular formula is C32H36F2N4O5S. The van der Waals surface area contributed by atoms with E-state index >= 15 is 0 Å². The number of thiazole rings is 1. The molecular weight excluding hydrogens is 590 g/mol. The molecule has 5 rings (SSSR count). The van der Waals surface area contributed by atoms with Gasteiger partial charge in [0.1, 0.15) is 18.2 Å². The Morgan fingerprint density at radius 1 is 1.14 bits per heavy atom. The number of ether oxygens (including phenoxy) is 2. The summed E-state index contributed by atoms with van der Waals surface area (Å²) in [5.74, 6) is -2.99. The van der Waals surface area contributed by atoms with Gasteiger partial charge in [-0.05, 0) is 55.9 Å². The number of hydrogen-bond acceptors (Lipinski definition) is 8. The number of allylic oxidation sites excluding steroid dienone is 2. The molecule has 2 aliphatic rings. The lowest BCUT2D eigenvalue weighted by atomic mass is 10.0. The third kappa shape index (κ3) is 7.71. The fourth-order valence-corrected chi connectivity index (χ4v) is 6.47. The molecule has 234 valence electrons. The van der Waals surface area contributed by atoms with Crippen molar-refractivity contribution in [3.8, 4) is 5.19 Å². The number of carbonyl (C=O) groups is 3. The summed E-state index contributed by atoms with van der Waals surface area (Å²) in [6, 6.07) is 9.32. The maximum Gasteiger partial charge on any atom is 0.309 e. The lowest BCUT2D eigenvalue weighted by Gasteiger charge is -2.28. The first-order valence-corrected chi connectivity index (χ1v) is 15.6. The zero-order valence-electron chi connectivity index (χ0n) is 24.4. The number of carbonyl (C=O) groups excluding carboxylic acids is 3. The van der Waals surface area contributed by atoms with Crippen molar-refractivity contribution >= 4 is 45.0 Å². The van der Waals surface area contributed by atoms with Crippen molar-refractivity contribution in [3.05, 3.63) is 66.3 Å². The van der Waals surface area contributed by atoms with E-state index in [1.165, 1.54) is 29.4 Å². The SMILES string of the molecule is COC(=O)[C@H]1C[C@H]1/C=C\CCCCC[C@H](Nc1ccc(F)c(F)c1)C(=O)N1C[C@H](Oc2nc3ccccc3s2)C[C@H]1C(N)=O. The lowest BCUT2D eigenvalue weighted by molar-refractivity contribution is -0.142. The summed E-state index contributed by atoms with van der Waals surface area (Å²) in [5.41, 5.74) is 6.77. The Balaban J connectivity index is 1.21. The second-order valence-electron chi connectivity index (χ2n) is 11.3. The van der Waals surface area contributed by atoms with Crippen molar-refractivity contribution in [2.45, 2.75) is 63.1 Å². The molecule has 1 aromatic heterocycles. The second-order valence-corrected chi connectivity index (χ2v) is 12.2. The Morgan fingerprint density at radius 3 is 2.70 bits per heavy atom. The predicted molar refractivity (Wildman–Crippen MR) is 163 cm³/mol. The van der Waals surface area contributed by atoms with Gasteiger partial charge in [0.15, 0.2) is 11.6 Å². The van der Waals surface area contributed by atoms with Crippen LogP contribution in [0.1, 0.15) is 44.9 Å². The number of unbranched alkanes of at least 4 members (excludes halogenated alkanes) is 3. The fourth-order valence-electron chi connectivity index (χ4n) is 5.59. The minimum Gasteiger partial charge on any atom is -0.469 e. The Morgan fingerprint density at radius 2 is 1.95 bits per heavy atom. The molecule has 44 heavy (non-hydrogen) atoms. The van der Waals surface area contributed by atoms with Gasteiger partial charge in [-0.2, -0.15) is 0 Å². The summed E-state index contributed by atoms with van der Waals surface area (Å²) in [6.07, 6.45) is 8.29. The number of hydrogen-bond donors (Lipinski definition) is 2. The summed E-state index contributed by atoms with van der Waals surface area (Å²) in [7, 11) is 1.40. The molecule has 1 aliphatic heterocycles. The molecule has 3 aromatic rings. The van der Waals surface area contributed by atoms with Crippen LogP contribution in [0.15, 0.2) is 54.6 Å². The van der Waals surface area contributed by atoms with Crippen LogP contribution in [0.5, 0.6) is 5.19 Å². The van der Waals surface area contributed by atoms with Gasteiger partial charge in [0.2, 0.25) is 11.8 Å². The highest BCUT2D eigenvalue weighted by Gasteiger charge is 2.43. The Bertz CT molecular complexity index is 1500. The van der Waals surface area contributed by atoms with Crippen LogP contribution in [-0.2, 0) is 19.1 Å². The number of primary amides is 1. The molecule has 1 aliphatic carbocycles. The number of nitrogens with two attached hydrogens (primary N) is 1. The first-order valence-electron chi connectivity index (χ1n) is 14.8. The number of rotatable bonds is 14. The molecule has 2 heterocycles. The summed E-state index contributed by atoms with van der Waals surface area (Å²) >= 11 is 1.38. The number of para-hydroxylation sites is 1. The Hall–Kier alpha value is -4.06. The van der Waals surface area contributed by atoms with Crippen LogP contribution in [0.4, 0.5) is 14.5 Å². The third-order valence-corrected chi connectivity index (χ3v) is 8.99. The second kappa shape index (κ2) is 14.1. The number of aromatic nitrogens is 1. The van der Waals surface area contributed by atoms with Crippen LogP contribution in [0.3, 0.4) is 0 Å². The van der Waals surface area contributed by atoms with Gasteiger partial charge in [0.25, 0.3) is 5.19 Å². The molecule has 1 saturated carbocycles. The maximum atomic E-state index is 14.0. The molecule has 0 spiro atoms. The molecule has 1 saturated heterocycles. The zero-order chi connectivity index (χ0) is 31.2. The van der Waals surface area contributed by atoms with E-state index in [4.69, 9.17) is 15.2 Å². The van der Waals surface area contributed by atoms with E-state index in [0.29, 0.717) is 18.0 Å². The first kappa shape index (κ1) is 31.4. The van der Waals surface area contributed by atoms with Gasteiger partial charge in [-0.1, -0.05) is 48.5 Å². The smallest absolute Gasteiger partial charge is 0.309 e. The molecule has 9 nitrogen and oxygen atoms in total. The summed E-state index contributed by atoms with van der Waals surface area (Å²) in [4.78, 5) is 43.8. The molecule has 0 unspecified atom stereocenters. The van der Waals surface area contributed by atoms with Crippen LogP contribution >= 0.6 is 11.3 Å². The van der Waals surface area contributed by atoms with E-state index in [1.54, 1.807) is 0 Å². The van der Waals surface area contributed by atoms with Gasteiger partial charge in [0.05, 0.1) is 29.8 Å². The number of amides is 2. The summed E-state index contributed by atoms with van der Waals surface area (Å²) in [6.45, 7) is 0.136. The van der Waals surface area contributed by atoms with E-state index in [2.05, 4.69) is 22.5 Å². The average molecular weight is 627 g/mol. The van der Waals surface area contributed by atoms with Gasteiger partial charge in [-0.15, -0.1) is 0 Å². The number of nitrogens with zero attached hydrogens (tertiary/aromatic N) is 2. The van der Waals surface area contributed by atoms with Crippen LogP contribution < -0.4 is 15.8 Å². The van der Waals surface area contributed by atoms with E-state index in [-0.39, 0.29) is 42.4 Å². The minimum absolute atomic E-state index is 0.0357. The molecule has 3 N–H and O–H groups in total. The molecule has 12 heteroatoms. The van der Waals surface area contributed by atoms with Crippen LogP contribution in [-0.4, -0.2) is 59.5 Å². The number of nitrogens with one attached hydrogen (secondary N) is 1. The normalized spacial score (nSPS) is 21.8. The Labute approximate surface area is 258 Å². The van der Waals surface area contributed by atoms with Crippen LogP contribution in [0.25, 0.3) is 10.2 Å². The third-order valence-electron chi connectivity index (χ3n) is 8.07. The number of halogens is 2. The van der Waals surface area contributed by atoms with E-state index in [0.717, 1.165) is 48.0 Å². The standard InChI is InChI=1S/C32H36F2N4O5S/c1-42-31(41)22-15-19(22)9-5-3-2-4-6-11-26(36-20-13-14-23(33)24(34)16-20)30(40)38-18-21(17-27(38)29(35)39)43-32-37-25-10-7-8-12-28(25)44-32/h5,7-10,12-14,16,19,21-22,26-27,36H,2-4,6,11,15,17-18H2,1H3,(H2,35,39)/b9-5-/t19-,21-,22+,26+,27+/m1/s1. The van der Waals surface area contributed by atoms with Gasteiger partial charge in [-0.3, -0.25) is 14.4 Å². The van der Waals surface area contributed by atoms with Gasteiger partial charge < -0.3 is 25.4 Å². The van der Waals surface area contributed by atoms with Crippen molar-refractivity contribution in [2.24, 2.45) is 17.6 Å². The number of methoxy groups -OCH3 is 1. The van der Waals surface area contributed by atoms with E-state index in [9.17, 15) is 23.2 Å². The molecule has 2 amide bonds. The molecule has 5 atom stereocenters. The molecule has 2 aromatic carbocycles. The summed E-state index contributed by atoms with van der Waals surface area (Å²) < 4.78 is 39.4. The number of fused-ring (bicyclic) bond motifs is 1. The van der Waals surface area contributed by atoms with Crippen molar-refractivity contribution in [1.82, 2.24) is 9.88 Å².